The fourth-order valence-corrected chi connectivity index (χ4v) is 5.27. The summed E-state index contributed by atoms with van der Waals surface area (Å²) in [7, 11) is -3.60. The number of hydrogen-bond acceptors (Lipinski definition) is 8. The molecule has 1 fully saturated rings. The molecule has 0 spiro atoms. The van der Waals surface area contributed by atoms with Crippen molar-refractivity contribution in [3.05, 3.63) is 41.7 Å². The van der Waals surface area contributed by atoms with E-state index in [9.17, 15) is 22.2 Å². The number of rotatable bonds is 4. The van der Waals surface area contributed by atoms with Gasteiger partial charge in [-0.05, 0) is 24.6 Å². The van der Waals surface area contributed by atoms with E-state index in [4.69, 9.17) is 0 Å². The van der Waals surface area contributed by atoms with E-state index in [-0.39, 0.29) is 10.9 Å². The minimum Gasteiger partial charge on any atom is -0.338 e. The number of alkyl halides is 3. The first kappa shape index (κ1) is 23.5. The van der Waals surface area contributed by atoms with Crippen LogP contribution in [0.4, 0.5) is 19.1 Å². The average Bonchev–Trinajstić information content (AvgIpc) is 3.26. The van der Waals surface area contributed by atoms with Crippen molar-refractivity contribution in [2.45, 2.75) is 24.0 Å². The molecule has 0 bridgehead atoms. The third kappa shape index (κ3) is 5.14. The van der Waals surface area contributed by atoms with Gasteiger partial charge in [0.1, 0.15) is 0 Å². The Labute approximate surface area is 192 Å². The highest BCUT2D eigenvalue weighted by Crippen LogP contribution is 2.27. The molecule has 1 amide bonds. The van der Waals surface area contributed by atoms with E-state index in [1.165, 1.54) is 5.56 Å². The van der Waals surface area contributed by atoms with Crippen molar-refractivity contribution < 1.29 is 22.2 Å². The van der Waals surface area contributed by atoms with Gasteiger partial charge in [-0.1, -0.05) is 6.07 Å². The molecule has 1 aromatic carbocycles. The SMILES string of the molecule is C[C@H](c1ccc2scnc2c1)N1CCN(c2ncc([S@@](C)(=O)=NC(=O)C(F)(F)F)cn2)CC1. The molecule has 8 nitrogen and oxygen atoms in total. The molecular formula is C20H21F3N6O2S2. The van der Waals surface area contributed by atoms with E-state index in [1.54, 1.807) is 11.3 Å². The fourth-order valence-electron chi connectivity index (χ4n) is 3.59. The summed E-state index contributed by atoms with van der Waals surface area (Å²) in [6.07, 6.45) is -1.90. The van der Waals surface area contributed by atoms with Gasteiger partial charge < -0.3 is 4.90 Å². The summed E-state index contributed by atoms with van der Waals surface area (Å²) >= 11 is 1.61. The number of halogens is 3. The molecule has 1 saturated heterocycles. The molecule has 3 aromatic rings. The zero-order chi connectivity index (χ0) is 23.8. The number of hydrogen-bond donors (Lipinski definition) is 0. The molecule has 0 radical (unpaired) electrons. The first-order chi connectivity index (χ1) is 15.5. The van der Waals surface area contributed by atoms with Gasteiger partial charge in [-0.2, -0.15) is 13.2 Å². The predicted octanol–water partition coefficient (Wildman–Crippen LogP) is 3.52. The maximum absolute atomic E-state index is 12.5. The van der Waals surface area contributed by atoms with Crippen LogP contribution in [0.15, 0.2) is 45.4 Å². The van der Waals surface area contributed by atoms with Crippen LogP contribution in [-0.2, 0) is 14.5 Å². The Balaban J connectivity index is 1.41. The van der Waals surface area contributed by atoms with Crippen molar-refractivity contribution in [2.75, 3.05) is 37.3 Å². The summed E-state index contributed by atoms with van der Waals surface area (Å²) in [5, 5.41) is 0. The standard InChI is InChI=1S/C20H21F3N6O2S2/c1-13(14-3-4-17-16(9-14)26-12-32-17)28-5-7-29(8-6-28)19-24-10-15(11-25-19)33(2,31)27-18(30)20(21,22)23/h3-4,9-13H,5-8H2,1-2H3/t13-,33-/m1/s1. The number of fused-ring (bicyclic) bond motifs is 1. The van der Waals surface area contributed by atoms with Crippen LogP contribution in [0.2, 0.25) is 0 Å². The number of anilines is 1. The molecule has 176 valence electrons. The Hall–Kier alpha value is -2.64. The lowest BCUT2D eigenvalue weighted by Gasteiger charge is -2.38. The second kappa shape index (κ2) is 8.95. The quantitative estimate of drug-likeness (QED) is 0.544. The molecular weight excluding hydrogens is 477 g/mol. The average molecular weight is 499 g/mol. The molecule has 0 saturated carbocycles. The van der Waals surface area contributed by atoms with Crippen LogP contribution < -0.4 is 4.90 Å². The molecule has 2 aromatic heterocycles. The highest BCUT2D eigenvalue weighted by Gasteiger charge is 2.39. The van der Waals surface area contributed by atoms with E-state index >= 15 is 0 Å². The molecule has 13 heteroatoms. The van der Waals surface area contributed by atoms with Crippen LogP contribution in [0.25, 0.3) is 10.2 Å². The highest BCUT2D eigenvalue weighted by molar-refractivity contribution is 7.93. The summed E-state index contributed by atoms with van der Waals surface area (Å²) < 4.78 is 53.8. The zero-order valence-electron chi connectivity index (χ0n) is 17.8. The number of thiazole rings is 1. The van der Waals surface area contributed by atoms with Gasteiger partial charge in [-0.3, -0.25) is 9.69 Å². The fraction of sp³-hybridized carbons (Fsp3) is 0.400. The van der Waals surface area contributed by atoms with E-state index in [1.807, 2.05) is 10.4 Å². The Bertz CT molecular complexity index is 1280. The van der Waals surface area contributed by atoms with Crippen molar-refractivity contribution >= 4 is 43.1 Å². The second-order valence-electron chi connectivity index (χ2n) is 7.69. The predicted molar refractivity (Wildman–Crippen MR) is 120 cm³/mol. The summed E-state index contributed by atoms with van der Waals surface area (Å²) in [5.74, 6) is -2.01. The van der Waals surface area contributed by atoms with E-state index in [0.717, 1.165) is 42.0 Å². The molecule has 0 aliphatic carbocycles. The maximum atomic E-state index is 12.5. The van der Waals surface area contributed by atoms with Gasteiger partial charge in [0.2, 0.25) is 5.95 Å². The minimum atomic E-state index is -5.18. The Morgan fingerprint density at radius 2 is 1.82 bits per heavy atom. The lowest BCUT2D eigenvalue weighted by molar-refractivity contribution is -0.169. The summed E-state index contributed by atoms with van der Waals surface area (Å²) in [6.45, 7) is 4.99. The lowest BCUT2D eigenvalue weighted by atomic mass is 10.1. The van der Waals surface area contributed by atoms with Gasteiger partial charge in [0.25, 0.3) is 0 Å². The van der Waals surface area contributed by atoms with E-state index < -0.39 is 21.8 Å². The summed E-state index contributed by atoms with van der Waals surface area (Å²) in [4.78, 5) is 27.9. The Morgan fingerprint density at radius 1 is 1.15 bits per heavy atom. The van der Waals surface area contributed by atoms with Crippen LogP contribution in [0.1, 0.15) is 18.5 Å². The Kier molecular flexibility index (Phi) is 6.38. The van der Waals surface area contributed by atoms with Gasteiger partial charge in [0.15, 0.2) is 0 Å². The number of aromatic nitrogens is 3. The second-order valence-corrected chi connectivity index (χ2v) is 10.8. The topological polar surface area (TPSA) is 91.7 Å². The van der Waals surface area contributed by atoms with Gasteiger partial charge in [0.05, 0.1) is 30.4 Å². The summed E-state index contributed by atoms with van der Waals surface area (Å²) in [6, 6.07) is 6.53. The number of piperazine rings is 1. The minimum absolute atomic E-state index is 0.131. The monoisotopic (exact) mass is 498 g/mol. The molecule has 1 aliphatic heterocycles. The van der Waals surface area contributed by atoms with Gasteiger partial charge in [-0.25, -0.2) is 19.2 Å². The van der Waals surface area contributed by atoms with Crippen LogP contribution >= 0.6 is 11.3 Å². The Morgan fingerprint density at radius 3 is 2.45 bits per heavy atom. The molecule has 0 N–H and O–H groups in total. The van der Waals surface area contributed by atoms with Crippen molar-refractivity contribution in [1.29, 1.82) is 0 Å². The van der Waals surface area contributed by atoms with E-state index in [2.05, 4.69) is 49.3 Å². The lowest BCUT2D eigenvalue weighted by Crippen LogP contribution is -2.47. The van der Waals surface area contributed by atoms with Crippen molar-refractivity contribution in [3.63, 3.8) is 0 Å². The zero-order valence-corrected chi connectivity index (χ0v) is 19.5. The first-order valence-electron chi connectivity index (χ1n) is 10.0. The van der Waals surface area contributed by atoms with Crippen molar-refractivity contribution in [1.82, 2.24) is 19.9 Å². The first-order valence-corrected chi connectivity index (χ1v) is 12.8. The van der Waals surface area contributed by atoms with Gasteiger partial charge >= 0.3 is 12.1 Å². The third-order valence-corrected chi connectivity index (χ3v) is 7.94. The molecule has 4 rings (SSSR count). The van der Waals surface area contributed by atoms with Crippen molar-refractivity contribution in [2.24, 2.45) is 4.36 Å². The number of nitrogens with zero attached hydrogens (tertiary/aromatic N) is 6. The summed E-state index contributed by atoms with van der Waals surface area (Å²) in [5.41, 5.74) is 4.02. The molecule has 33 heavy (non-hydrogen) atoms. The van der Waals surface area contributed by atoms with Crippen molar-refractivity contribution in [3.8, 4) is 0 Å². The smallest absolute Gasteiger partial charge is 0.338 e. The molecule has 3 heterocycles. The van der Waals surface area contributed by atoms with Crippen LogP contribution in [0, 0.1) is 0 Å². The number of amides is 1. The third-order valence-electron chi connectivity index (χ3n) is 5.53. The highest BCUT2D eigenvalue weighted by atomic mass is 32.2. The van der Waals surface area contributed by atoms with Crippen LogP contribution in [-0.4, -0.2) is 68.6 Å². The molecule has 1 aliphatic rings. The molecule has 2 atom stereocenters. The number of benzene rings is 1. The number of carbonyl (C=O) groups is 1. The number of carbonyl (C=O) groups excluding carboxylic acids is 1. The maximum Gasteiger partial charge on any atom is 0.474 e. The molecule has 0 unspecified atom stereocenters. The van der Waals surface area contributed by atoms with Gasteiger partial charge in [-0.15, -0.1) is 15.7 Å². The van der Waals surface area contributed by atoms with Crippen LogP contribution in [0.3, 0.4) is 0 Å². The largest absolute Gasteiger partial charge is 0.474 e. The van der Waals surface area contributed by atoms with Crippen LogP contribution in [0.5, 0.6) is 0 Å². The van der Waals surface area contributed by atoms with Gasteiger partial charge in [0, 0.05) is 50.9 Å². The van der Waals surface area contributed by atoms with E-state index in [0.29, 0.717) is 19.0 Å². The normalized spacial score (nSPS) is 18.2.